The maximum atomic E-state index is 12.8. The molecule has 1 unspecified atom stereocenters. The molecule has 1 aliphatic rings. The molecule has 1 aromatic carbocycles. The fourth-order valence-corrected chi connectivity index (χ4v) is 3.78. The van der Waals surface area contributed by atoms with Gasteiger partial charge >= 0.3 is 5.69 Å². The Morgan fingerprint density at radius 3 is 2.83 bits per heavy atom. The number of nitrogens with one attached hydrogen (secondary N) is 1. The smallest absolute Gasteiger partial charge is 0.346 e. The molecule has 0 bridgehead atoms. The number of benzene rings is 1. The molecule has 3 aromatic rings. The van der Waals surface area contributed by atoms with E-state index in [0.717, 1.165) is 29.1 Å². The van der Waals surface area contributed by atoms with Crippen LogP contribution in [0.25, 0.3) is 0 Å². The topological polar surface area (TPSA) is 91.0 Å². The Morgan fingerprint density at radius 2 is 2.03 bits per heavy atom. The molecule has 8 heteroatoms. The normalized spacial score (nSPS) is 15.8. The molecular weight excluding hydrogens is 382 g/mol. The number of amides is 1. The summed E-state index contributed by atoms with van der Waals surface area (Å²) in [7, 11) is 1.62. The third kappa shape index (κ3) is 4.59. The number of aromatic nitrogens is 4. The van der Waals surface area contributed by atoms with Crippen molar-refractivity contribution in [2.24, 2.45) is 0 Å². The molecule has 0 radical (unpaired) electrons. The van der Waals surface area contributed by atoms with E-state index in [0.29, 0.717) is 32.4 Å². The summed E-state index contributed by atoms with van der Waals surface area (Å²) in [6.07, 6.45) is 5.82. The molecule has 1 atom stereocenters. The Balaban J connectivity index is 1.39. The van der Waals surface area contributed by atoms with Crippen LogP contribution in [0, 0.1) is 0 Å². The van der Waals surface area contributed by atoms with Gasteiger partial charge in [0, 0.05) is 31.4 Å². The van der Waals surface area contributed by atoms with Gasteiger partial charge in [0.1, 0.15) is 11.6 Å². The quantitative estimate of drug-likeness (QED) is 0.670. The second-order valence-electron chi connectivity index (χ2n) is 7.48. The van der Waals surface area contributed by atoms with Crippen LogP contribution >= 0.6 is 0 Å². The summed E-state index contributed by atoms with van der Waals surface area (Å²) in [5.41, 5.74) is 1.78. The van der Waals surface area contributed by atoms with Crippen molar-refractivity contribution in [2.45, 2.75) is 44.8 Å². The van der Waals surface area contributed by atoms with Crippen molar-refractivity contribution in [2.75, 3.05) is 7.11 Å². The Hall–Kier alpha value is -3.42. The van der Waals surface area contributed by atoms with Gasteiger partial charge in [0.2, 0.25) is 5.91 Å². The van der Waals surface area contributed by atoms with Crippen LogP contribution in [0.2, 0.25) is 0 Å². The highest BCUT2D eigenvalue weighted by Gasteiger charge is 2.22. The molecule has 1 aliphatic heterocycles. The van der Waals surface area contributed by atoms with E-state index in [2.05, 4.69) is 15.4 Å². The fourth-order valence-electron chi connectivity index (χ4n) is 3.78. The number of rotatable bonds is 6. The van der Waals surface area contributed by atoms with Crippen molar-refractivity contribution in [3.8, 4) is 5.75 Å². The van der Waals surface area contributed by atoms with E-state index in [1.807, 2.05) is 36.4 Å². The minimum Gasteiger partial charge on any atom is -0.497 e. The number of methoxy groups -OCH3 is 1. The van der Waals surface area contributed by atoms with Crippen LogP contribution in [0.3, 0.4) is 0 Å². The SMILES string of the molecule is COc1cccc(Cn2nc3n(c2=O)CCC(NC(=O)Cc2ccncc2)CC3)c1. The van der Waals surface area contributed by atoms with Gasteiger partial charge in [-0.05, 0) is 48.2 Å². The number of carbonyl (C=O) groups is 1. The number of pyridine rings is 1. The molecule has 0 saturated heterocycles. The zero-order valence-electron chi connectivity index (χ0n) is 17.0. The number of fused-ring (bicyclic) bond motifs is 1. The van der Waals surface area contributed by atoms with Crippen molar-refractivity contribution in [3.63, 3.8) is 0 Å². The standard InChI is InChI=1S/C22H25N5O3/c1-30-19-4-2-3-17(13-19)15-27-22(29)26-12-9-18(5-6-20(26)25-27)24-21(28)14-16-7-10-23-11-8-16/h2-4,7-8,10-11,13,18H,5-6,9,12,14-15H2,1H3,(H,24,28). The number of hydrogen-bond donors (Lipinski definition) is 1. The minimum atomic E-state index is -0.114. The van der Waals surface area contributed by atoms with Crippen molar-refractivity contribution in [3.05, 3.63) is 76.2 Å². The van der Waals surface area contributed by atoms with Gasteiger partial charge in [-0.15, -0.1) is 0 Å². The second kappa shape index (κ2) is 8.94. The van der Waals surface area contributed by atoms with Gasteiger partial charge in [-0.2, -0.15) is 5.10 Å². The molecule has 2 aromatic heterocycles. The van der Waals surface area contributed by atoms with Crippen LogP contribution in [0.1, 0.15) is 29.8 Å². The predicted molar refractivity (Wildman–Crippen MR) is 111 cm³/mol. The third-order valence-corrected chi connectivity index (χ3v) is 5.36. The Bertz CT molecular complexity index is 1070. The van der Waals surface area contributed by atoms with Gasteiger partial charge in [0.05, 0.1) is 20.1 Å². The van der Waals surface area contributed by atoms with Crippen molar-refractivity contribution < 1.29 is 9.53 Å². The number of nitrogens with zero attached hydrogens (tertiary/aromatic N) is 4. The van der Waals surface area contributed by atoms with Crippen LogP contribution in [0.15, 0.2) is 53.6 Å². The van der Waals surface area contributed by atoms with Crippen LogP contribution in [0.4, 0.5) is 0 Å². The summed E-state index contributed by atoms with van der Waals surface area (Å²) in [6, 6.07) is 11.4. The van der Waals surface area contributed by atoms with E-state index >= 15 is 0 Å². The Morgan fingerprint density at radius 1 is 1.20 bits per heavy atom. The van der Waals surface area contributed by atoms with Crippen LogP contribution in [-0.4, -0.2) is 38.4 Å². The largest absolute Gasteiger partial charge is 0.497 e. The molecule has 0 fully saturated rings. The van der Waals surface area contributed by atoms with Crippen molar-refractivity contribution in [1.82, 2.24) is 24.6 Å². The summed E-state index contributed by atoms with van der Waals surface area (Å²) in [5, 5.41) is 7.64. The maximum absolute atomic E-state index is 12.8. The first-order valence-electron chi connectivity index (χ1n) is 10.1. The highest BCUT2D eigenvalue weighted by Crippen LogP contribution is 2.15. The molecule has 0 aliphatic carbocycles. The number of aryl methyl sites for hydroxylation is 1. The first-order chi connectivity index (χ1) is 14.6. The number of ether oxygens (including phenoxy) is 1. The summed E-state index contributed by atoms with van der Waals surface area (Å²) in [4.78, 5) is 29.2. The highest BCUT2D eigenvalue weighted by atomic mass is 16.5. The van der Waals surface area contributed by atoms with Crippen LogP contribution in [0.5, 0.6) is 5.75 Å². The molecule has 1 N–H and O–H groups in total. The first kappa shape index (κ1) is 19.9. The van der Waals surface area contributed by atoms with E-state index in [1.165, 1.54) is 4.68 Å². The second-order valence-corrected chi connectivity index (χ2v) is 7.48. The van der Waals surface area contributed by atoms with Gasteiger partial charge < -0.3 is 10.1 Å². The lowest BCUT2D eigenvalue weighted by atomic mass is 10.1. The van der Waals surface area contributed by atoms with E-state index in [1.54, 1.807) is 24.1 Å². The third-order valence-electron chi connectivity index (χ3n) is 5.36. The summed E-state index contributed by atoms with van der Waals surface area (Å²) >= 11 is 0. The lowest BCUT2D eigenvalue weighted by Gasteiger charge is -2.16. The van der Waals surface area contributed by atoms with E-state index in [4.69, 9.17) is 4.74 Å². The predicted octanol–water partition coefficient (Wildman–Crippen LogP) is 1.56. The van der Waals surface area contributed by atoms with E-state index < -0.39 is 0 Å². The minimum absolute atomic E-state index is 0.0128. The molecular formula is C22H25N5O3. The van der Waals surface area contributed by atoms with E-state index in [9.17, 15) is 9.59 Å². The first-order valence-corrected chi connectivity index (χ1v) is 10.1. The maximum Gasteiger partial charge on any atom is 0.346 e. The number of carbonyl (C=O) groups excluding carboxylic acids is 1. The average Bonchev–Trinajstić information content (AvgIpc) is 2.92. The van der Waals surface area contributed by atoms with Gasteiger partial charge in [0.15, 0.2) is 0 Å². The Labute approximate surface area is 174 Å². The zero-order chi connectivity index (χ0) is 20.9. The van der Waals surface area contributed by atoms with Crippen LogP contribution < -0.4 is 15.7 Å². The Kier molecular flexibility index (Phi) is 5.92. The molecule has 8 nitrogen and oxygen atoms in total. The van der Waals surface area contributed by atoms with Gasteiger partial charge in [-0.1, -0.05) is 12.1 Å². The molecule has 1 amide bonds. The molecule has 156 valence electrons. The monoisotopic (exact) mass is 407 g/mol. The van der Waals surface area contributed by atoms with Gasteiger partial charge in [-0.25, -0.2) is 9.48 Å². The summed E-state index contributed by atoms with van der Waals surface area (Å²) in [5.74, 6) is 1.52. The lowest BCUT2D eigenvalue weighted by Crippen LogP contribution is -2.36. The number of hydrogen-bond acceptors (Lipinski definition) is 5. The van der Waals surface area contributed by atoms with Crippen molar-refractivity contribution >= 4 is 5.91 Å². The molecule has 0 spiro atoms. The molecule has 30 heavy (non-hydrogen) atoms. The fraction of sp³-hybridized carbons (Fsp3) is 0.364. The van der Waals surface area contributed by atoms with E-state index in [-0.39, 0.29) is 17.6 Å². The van der Waals surface area contributed by atoms with Gasteiger partial charge in [0.25, 0.3) is 0 Å². The van der Waals surface area contributed by atoms with Gasteiger partial charge in [-0.3, -0.25) is 14.3 Å². The molecule has 4 rings (SSSR count). The summed E-state index contributed by atoms with van der Waals surface area (Å²) < 4.78 is 8.49. The molecule has 0 saturated carbocycles. The van der Waals surface area contributed by atoms with Crippen molar-refractivity contribution in [1.29, 1.82) is 0 Å². The molecule has 3 heterocycles. The van der Waals surface area contributed by atoms with Crippen LogP contribution in [-0.2, 0) is 30.7 Å². The highest BCUT2D eigenvalue weighted by molar-refractivity contribution is 5.78. The zero-order valence-corrected chi connectivity index (χ0v) is 17.0. The average molecular weight is 407 g/mol. The lowest BCUT2D eigenvalue weighted by molar-refractivity contribution is -0.121. The summed E-state index contributed by atoms with van der Waals surface area (Å²) in [6.45, 7) is 0.953.